The SMILES string of the molecule is CC(C)(C)OC(=O)N1CCOc2c(ccc3cnccc23)C1. The first-order valence-electron chi connectivity index (χ1n) is 7.40. The summed E-state index contributed by atoms with van der Waals surface area (Å²) in [6, 6.07) is 5.93. The van der Waals surface area contributed by atoms with E-state index in [1.165, 1.54) is 0 Å². The Morgan fingerprint density at radius 2 is 2.14 bits per heavy atom. The molecule has 0 unspecified atom stereocenters. The van der Waals surface area contributed by atoms with E-state index >= 15 is 0 Å². The van der Waals surface area contributed by atoms with Gasteiger partial charge in [0.25, 0.3) is 0 Å². The zero-order valence-corrected chi connectivity index (χ0v) is 13.1. The molecular weight excluding hydrogens is 280 g/mol. The number of benzene rings is 1. The molecule has 1 aliphatic rings. The van der Waals surface area contributed by atoms with Gasteiger partial charge in [-0.05, 0) is 26.8 Å². The Labute approximate surface area is 129 Å². The smallest absolute Gasteiger partial charge is 0.410 e. The van der Waals surface area contributed by atoms with Crippen molar-refractivity contribution < 1.29 is 14.3 Å². The molecule has 1 amide bonds. The van der Waals surface area contributed by atoms with Crippen LogP contribution in [0.5, 0.6) is 5.75 Å². The minimum Gasteiger partial charge on any atom is -0.491 e. The lowest BCUT2D eigenvalue weighted by molar-refractivity contribution is 0.0225. The molecule has 2 aromatic rings. The van der Waals surface area contributed by atoms with Gasteiger partial charge in [-0.25, -0.2) is 4.79 Å². The number of amides is 1. The molecule has 0 atom stereocenters. The molecule has 22 heavy (non-hydrogen) atoms. The summed E-state index contributed by atoms with van der Waals surface area (Å²) in [5, 5.41) is 2.06. The summed E-state index contributed by atoms with van der Waals surface area (Å²) >= 11 is 0. The standard InChI is InChI=1S/C17H20N2O3/c1-17(2,3)22-16(20)19-8-9-21-15-13(11-19)5-4-12-10-18-7-6-14(12)15/h4-7,10H,8-9,11H2,1-3H3. The first kappa shape index (κ1) is 14.6. The first-order valence-corrected chi connectivity index (χ1v) is 7.40. The van der Waals surface area contributed by atoms with E-state index in [0.717, 1.165) is 22.1 Å². The summed E-state index contributed by atoms with van der Waals surface area (Å²) in [7, 11) is 0. The molecule has 0 bridgehead atoms. The van der Waals surface area contributed by atoms with Gasteiger partial charge in [-0.1, -0.05) is 12.1 Å². The van der Waals surface area contributed by atoms with E-state index in [4.69, 9.17) is 9.47 Å². The third-order valence-electron chi connectivity index (χ3n) is 3.47. The molecule has 116 valence electrons. The van der Waals surface area contributed by atoms with Gasteiger partial charge in [-0.15, -0.1) is 0 Å². The molecular formula is C17H20N2O3. The van der Waals surface area contributed by atoms with Gasteiger partial charge in [0.05, 0.1) is 13.1 Å². The topological polar surface area (TPSA) is 51.7 Å². The fourth-order valence-electron chi connectivity index (χ4n) is 2.51. The number of fused-ring (bicyclic) bond motifs is 3. The molecule has 0 N–H and O–H groups in total. The number of aromatic nitrogens is 1. The zero-order valence-electron chi connectivity index (χ0n) is 13.1. The number of carbonyl (C=O) groups excluding carboxylic acids is 1. The van der Waals surface area contributed by atoms with E-state index in [1.807, 2.05) is 45.2 Å². The van der Waals surface area contributed by atoms with Crippen LogP contribution in [-0.2, 0) is 11.3 Å². The lowest BCUT2D eigenvalue weighted by Crippen LogP contribution is -2.37. The van der Waals surface area contributed by atoms with Crippen LogP contribution < -0.4 is 4.74 Å². The predicted molar refractivity (Wildman–Crippen MR) is 83.9 cm³/mol. The fourth-order valence-corrected chi connectivity index (χ4v) is 2.51. The van der Waals surface area contributed by atoms with Crippen molar-refractivity contribution in [3.05, 3.63) is 36.2 Å². The van der Waals surface area contributed by atoms with E-state index in [0.29, 0.717) is 19.7 Å². The Hall–Kier alpha value is -2.30. The maximum absolute atomic E-state index is 12.3. The third kappa shape index (κ3) is 2.98. The lowest BCUT2D eigenvalue weighted by atomic mass is 10.1. The largest absolute Gasteiger partial charge is 0.491 e. The number of ether oxygens (including phenoxy) is 2. The summed E-state index contributed by atoms with van der Waals surface area (Å²) in [6.07, 6.45) is 3.26. The van der Waals surface area contributed by atoms with Crippen molar-refractivity contribution in [3.8, 4) is 5.75 Å². The van der Waals surface area contributed by atoms with Crippen molar-refractivity contribution in [3.63, 3.8) is 0 Å². The average Bonchev–Trinajstić information content (AvgIpc) is 2.68. The normalized spacial score (nSPS) is 15.0. The van der Waals surface area contributed by atoms with Gasteiger partial charge in [0.1, 0.15) is 18.0 Å². The van der Waals surface area contributed by atoms with Crippen LogP contribution in [0.4, 0.5) is 4.79 Å². The molecule has 0 aliphatic carbocycles. The van der Waals surface area contributed by atoms with Crippen LogP contribution in [0.15, 0.2) is 30.6 Å². The van der Waals surface area contributed by atoms with E-state index < -0.39 is 5.60 Å². The molecule has 1 aromatic carbocycles. The Balaban J connectivity index is 1.90. The summed E-state index contributed by atoms with van der Waals surface area (Å²) in [4.78, 5) is 18.1. The summed E-state index contributed by atoms with van der Waals surface area (Å²) < 4.78 is 11.4. The quantitative estimate of drug-likeness (QED) is 0.748. The number of carbonyl (C=O) groups is 1. The van der Waals surface area contributed by atoms with Gasteiger partial charge < -0.3 is 14.4 Å². The molecule has 0 fully saturated rings. The zero-order chi connectivity index (χ0) is 15.7. The van der Waals surface area contributed by atoms with Crippen molar-refractivity contribution >= 4 is 16.9 Å². The van der Waals surface area contributed by atoms with Crippen molar-refractivity contribution in [2.24, 2.45) is 0 Å². The highest BCUT2D eigenvalue weighted by molar-refractivity contribution is 5.89. The average molecular weight is 300 g/mol. The minimum atomic E-state index is -0.498. The molecule has 2 heterocycles. The van der Waals surface area contributed by atoms with Crippen LogP contribution >= 0.6 is 0 Å². The summed E-state index contributed by atoms with van der Waals surface area (Å²) in [6.45, 7) is 7.06. The maximum atomic E-state index is 12.3. The molecule has 5 heteroatoms. The number of pyridine rings is 1. The molecule has 0 saturated carbocycles. The van der Waals surface area contributed by atoms with Gasteiger partial charge in [0, 0.05) is 28.7 Å². The first-order chi connectivity index (χ1) is 10.4. The highest BCUT2D eigenvalue weighted by atomic mass is 16.6. The van der Waals surface area contributed by atoms with Crippen LogP contribution in [0.25, 0.3) is 10.8 Å². The van der Waals surface area contributed by atoms with Gasteiger partial charge >= 0.3 is 6.09 Å². The molecule has 3 rings (SSSR count). The second-order valence-corrected chi connectivity index (χ2v) is 6.40. The van der Waals surface area contributed by atoms with Crippen molar-refractivity contribution in [1.29, 1.82) is 0 Å². The van der Waals surface area contributed by atoms with Crippen LogP contribution in [-0.4, -0.2) is 34.7 Å². The van der Waals surface area contributed by atoms with E-state index in [1.54, 1.807) is 11.1 Å². The molecule has 1 aliphatic heterocycles. The fraction of sp³-hybridized carbons (Fsp3) is 0.412. The Bertz CT molecular complexity index is 707. The molecule has 5 nitrogen and oxygen atoms in total. The second kappa shape index (κ2) is 5.48. The Morgan fingerprint density at radius 3 is 2.91 bits per heavy atom. The van der Waals surface area contributed by atoms with E-state index in [2.05, 4.69) is 4.98 Å². The second-order valence-electron chi connectivity index (χ2n) is 6.40. The number of hydrogen-bond acceptors (Lipinski definition) is 4. The minimum absolute atomic E-state index is 0.307. The van der Waals surface area contributed by atoms with Crippen molar-refractivity contribution in [2.75, 3.05) is 13.2 Å². The number of nitrogens with zero attached hydrogens (tertiary/aromatic N) is 2. The Morgan fingerprint density at radius 1 is 1.32 bits per heavy atom. The van der Waals surface area contributed by atoms with Crippen molar-refractivity contribution in [1.82, 2.24) is 9.88 Å². The van der Waals surface area contributed by atoms with Gasteiger partial charge in [0.15, 0.2) is 0 Å². The molecule has 0 saturated heterocycles. The highest BCUT2D eigenvalue weighted by Crippen LogP contribution is 2.32. The van der Waals surface area contributed by atoms with Gasteiger partial charge in [0.2, 0.25) is 0 Å². The lowest BCUT2D eigenvalue weighted by Gasteiger charge is -2.26. The van der Waals surface area contributed by atoms with E-state index in [-0.39, 0.29) is 6.09 Å². The Kier molecular flexibility index (Phi) is 3.64. The van der Waals surface area contributed by atoms with Gasteiger partial charge in [-0.3, -0.25) is 4.98 Å². The summed E-state index contributed by atoms with van der Waals surface area (Å²) in [5.41, 5.74) is 0.490. The molecule has 1 aromatic heterocycles. The van der Waals surface area contributed by atoms with Crippen LogP contribution in [0, 0.1) is 0 Å². The maximum Gasteiger partial charge on any atom is 0.410 e. The monoisotopic (exact) mass is 300 g/mol. The van der Waals surface area contributed by atoms with E-state index in [9.17, 15) is 4.79 Å². The van der Waals surface area contributed by atoms with Crippen LogP contribution in [0.2, 0.25) is 0 Å². The van der Waals surface area contributed by atoms with Crippen LogP contribution in [0.3, 0.4) is 0 Å². The van der Waals surface area contributed by atoms with Gasteiger partial charge in [-0.2, -0.15) is 0 Å². The van der Waals surface area contributed by atoms with Crippen LogP contribution in [0.1, 0.15) is 26.3 Å². The van der Waals surface area contributed by atoms with Crippen molar-refractivity contribution in [2.45, 2.75) is 32.9 Å². The highest BCUT2D eigenvalue weighted by Gasteiger charge is 2.25. The number of rotatable bonds is 0. The molecule has 0 spiro atoms. The predicted octanol–water partition coefficient (Wildman–Crippen LogP) is 3.36. The number of hydrogen-bond donors (Lipinski definition) is 0. The third-order valence-corrected chi connectivity index (χ3v) is 3.47. The molecule has 0 radical (unpaired) electrons. The summed E-state index contributed by atoms with van der Waals surface area (Å²) in [5.74, 6) is 0.839.